The van der Waals surface area contributed by atoms with Crippen LogP contribution in [0.1, 0.15) is 18.5 Å². The smallest absolute Gasteiger partial charge is 0.149 e. The molecule has 0 saturated heterocycles. The van der Waals surface area contributed by atoms with E-state index in [1.54, 1.807) is 6.20 Å². The van der Waals surface area contributed by atoms with Gasteiger partial charge >= 0.3 is 0 Å². The summed E-state index contributed by atoms with van der Waals surface area (Å²) in [6.07, 6.45) is 6.74. The predicted molar refractivity (Wildman–Crippen MR) is 97.0 cm³/mol. The SMILES string of the molecule is Nc1cccnc1NC1CC(Cc2cnc3ccc(Cl)cc3n2)C1. The molecule has 0 radical (unpaired) electrons. The van der Waals surface area contributed by atoms with Gasteiger partial charge in [-0.3, -0.25) is 4.98 Å². The van der Waals surface area contributed by atoms with E-state index in [1.807, 2.05) is 36.5 Å². The van der Waals surface area contributed by atoms with Crippen LogP contribution in [0.2, 0.25) is 5.02 Å². The maximum Gasteiger partial charge on any atom is 0.149 e. The molecule has 3 aromatic rings. The third-order valence-corrected chi connectivity index (χ3v) is 4.70. The van der Waals surface area contributed by atoms with Gasteiger partial charge in [0.25, 0.3) is 0 Å². The van der Waals surface area contributed by atoms with Crippen molar-refractivity contribution >= 4 is 34.1 Å². The molecule has 3 N–H and O–H groups in total. The monoisotopic (exact) mass is 339 g/mol. The molecule has 1 aliphatic rings. The highest BCUT2D eigenvalue weighted by Crippen LogP contribution is 2.33. The average molecular weight is 340 g/mol. The van der Waals surface area contributed by atoms with Gasteiger partial charge in [0.05, 0.1) is 22.4 Å². The number of nitrogens with two attached hydrogens (primary N) is 1. The van der Waals surface area contributed by atoms with Gasteiger partial charge in [0.15, 0.2) is 0 Å². The van der Waals surface area contributed by atoms with Gasteiger partial charge < -0.3 is 11.1 Å². The van der Waals surface area contributed by atoms with Crippen molar-refractivity contribution in [3.63, 3.8) is 0 Å². The van der Waals surface area contributed by atoms with Crippen LogP contribution in [-0.2, 0) is 6.42 Å². The van der Waals surface area contributed by atoms with Crippen LogP contribution in [0.25, 0.3) is 11.0 Å². The first kappa shape index (κ1) is 15.1. The van der Waals surface area contributed by atoms with Crippen LogP contribution < -0.4 is 11.1 Å². The summed E-state index contributed by atoms with van der Waals surface area (Å²) in [6, 6.07) is 9.73. The second-order valence-corrected chi connectivity index (χ2v) is 6.75. The number of aromatic nitrogens is 3. The third-order valence-electron chi connectivity index (χ3n) is 4.47. The number of hydrogen-bond acceptors (Lipinski definition) is 5. The minimum Gasteiger partial charge on any atom is -0.396 e. The zero-order chi connectivity index (χ0) is 16.5. The molecule has 0 aliphatic heterocycles. The van der Waals surface area contributed by atoms with Crippen LogP contribution in [0.5, 0.6) is 0 Å². The molecule has 0 spiro atoms. The molecule has 122 valence electrons. The van der Waals surface area contributed by atoms with Crippen LogP contribution in [0, 0.1) is 5.92 Å². The summed E-state index contributed by atoms with van der Waals surface area (Å²) in [7, 11) is 0. The minimum atomic E-state index is 0.426. The molecule has 0 amide bonds. The van der Waals surface area contributed by atoms with Crippen LogP contribution in [0.3, 0.4) is 0 Å². The molecule has 1 fully saturated rings. The normalized spacial score (nSPS) is 19.9. The van der Waals surface area contributed by atoms with Crippen molar-refractivity contribution in [3.8, 4) is 0 Å². The fourth-order valence-corrected chi connectivity index (χ4v) is 3.34. The van der Waals surface area contributed by atoms with E-state index in [9.17, 15) is 0 Å². The van der Waals surface area contributed by atoms with E-state index in [0.717, 1.165) is 41.8 Å². The summed E-state index contributed by atoms with van der Waals surface area (Å²) in [5.41, 5.74) is 9.36. The molecule has 24 heavy (non-hydrogen) atoms. The first-order valence-electron chi connectivity index (χ1n) is 8.05. The maximum atomic E-state index is 6.03. The van der Waals surface area contributed by atoms with Crippen LogP contribution in [0.4, 0.5) is 11.5 Å². The molecule has 4 rings (SSSR count). The molecule has 0 unspecified atom stereocenters. The maximum absolute atomic E-state index is 6.03. The second kappa shape index (κ2) is 6.24. The lowest BCUT2D eigenvalue weighted by molar-refractivity contribution is 0.279. The number of nitrogens with zero attached hydrogens (tertiary/aromatic N) is 3. The Balaban J connectivity index is 1.37. The fraction of sp³-hybridized carbons (Fsp3) is 0.278. The van der Waals surface area contributed by atoms with Crippen molar-refractivity contribution in [2.24, 2.45) is 5.92 Å². The van der Waals surface area contributed by atoms with E-state index in [2.05, 4.69) is 20.3 Å². The molecule has 2 aromatic heterocycles. The van der Waals surface area contributed by atoms with Gasteiger partial charge in [-0.05, 0) is 55.5 Å². The summed E-state index contributed by atoms with van der Waals surface area (Å²) >= 11 is 6.03. The van der Waals surface area contributed by atoms with Crippen molar-refractivity contribution in [1.29, 1.82) is 0 Å². The highest BCUT2D eigenvalue weighted by Gasteiger charge is 2.30. The highest BCUT2D eigenvalue weighted by molar-refractivity contribution is 6.31. The lowest BCUT2D eigenvalue weighted by atomic mass is 9.77. The summed E-state index contributed by atoms with van der Waals surface area (Å²) in [5.74, 6) is 1.39. The van der Waals surface area contributed by atoms with E-state index < -0.39 is 0 Å². The largest absolute Gasteiger partial charge is 0.396 e. The van der Waals surface area contributed by atoms with Crippen molar-refractivity contribution in [2.45, 2.75) is 25.3 Å². The van der Waals surface area contributed by atoms with Gasteiger partial charge in [0.2, 0.25) is 0 Å². The lowest BCUT2D eigenvalue weighted by Crippen LogP contribution is -2.37. The highest BCUT2D eigenvalue weighted by atomic mass is 35.5. The number of nitrogens with one attached hydrogen (secondary N) is 1. The standard InChI is InChI=1S/C18H18ClN5/c19-12-3-4-16-17(9-12)23-14(10-22-16)8-11-6-13(7-11)24-18-15(20)2-1-5-21-18/h1-5,9-11,13H,6-8,20H2,(H,21,24). The van der Waals surface area contributed by atoms with E-state index in [-0.39, 0.29) is 0 Å². The van der Waals surface area contributed by atoms with Gasteiger partial charge in [-0.1, -0.05) is 11.6 Å². The van der Waals surface area contributed by atoms with Crippen molar-refractivity contribution in [1.82, 2.24) is 15.0 Å². The lowest BCUT2D eigenvalue weighted by Gasteiger charge is -2.36. The molecule has 5 nitrogen and oxygen atoms in total. The first-order chi connectivity index (χ1) is 11.7. The fourth-order valence-electron chi connectivity index (χ4n) is 3.17. The summed E-state index contributed by atoms with van der Waals surface area (Å²) in [6.45, 7) is 0. The van der Waals surface area contributed by atoms with Gasteiger partial charge in [-0.15, -0.1) is 0 Å². The molecule has 2 heterocycles. The van der Waals surface area contributed by atoms with Gasteiger partial charge in [-0.2, -0.15) is 0 Å². The Kier molecular flexibility index (Phi) is 3.94. The van der Waals surface area contributed by atoms with Gasteiger partial charge in [-0.25, -0.2) is 9.97 Å². The van der Waals surface area contributed by atoms with Gasteiger partial charge in [0, 0.05) is 23.5 Å². The quantitative estimate of drug-likeness (QED) is 0.758. The Morgan fingerprint density at radius 2 is 2.04 bits per heavy atom. The van der Waals surface area contributed by atoms with Crippen molar-refractivity contribution in [2.75, 3.05) is 11.1 Å². The van der Waals surface area contributed by atoms with Crippen LogP contribution in [0.15, 0.2) is 42.7 Å². The number of pyridine rings is 1. The summed E-state index contributed by atoms with van der Waals surface area (Å²) in [5, 5.41) is 4.10. The zero-order valence-corrected chi connectivity index (χ0v) is 13.9. The zero-order valence-electron chi connectivity index (χ0n) is 13.1. The number of halogens is 1. The van der Waals surface area contributed by atoms with E-state index >= 15 is 0 Å². The average Bonchev–Trinajstić information content (AvgIpc) is 2.54. The molecule has 1 aliphatic carbocycles. The summed E-state index contributed by atoms with van der Waals surface area (Å²) < 4.78 is 0. The molecule has 1 saturated carbocycles. The number of nitrogen functional groups attached to an aromatic ring is 1. The number of rotatable bonds is 4. The predicted octanol–water partition coefficient (Wildman–Crippen LogP) is 3.69. The second-order valence-electron chi connectivity index (χ2n) is 6.32. The topological polar surface area (TPSA) is 76.7 Å². The number of fused-ring (bicyclic) bond motifs is 1. The molecule has 0 bridgehead atoms. The Hall–Kier alpha value is -2.40. The van der Waals surface area contributed by atoms with Crippen LogP contribution in [-0.4, -0.2) is 21.0 Å². The van der Waals surface area contributed by atoms with E-state index in [4.69, 9.17) is 17.3 Å². The molecular formula is C18H18ClN5. The Morgan fingerprint density at radius 1 is 1.17 bits per heavy atom. The summed E-state index contributed by atoms with van der Waals surface area (Å²) in [4.78, 5) is 13.4. The number of anilines is 2. The molecule has 0 atom stereocenters. The Labute approximate surface area is 145 Å². The molecule has 1 aromatic carbocycles. The van der Waals surface area contributed by atoms with Crippen LogP contribution >= 0.6 is 11.6 Å². The van der Waals surface area contributed by atoms with Crippen molar-refractivity contribution in [3.05, 3.63) is 53.4 Å². The van der Waals surface area contributed by atoms with Crippen molar-refractivity contribution < 1.29 is 0 Å². The first-order valence-corrected chi connectivity index (χ1v) is 8.43. The minimum absolute atomic E-state index is 0.426. The molecule has 6 heteroatoms. The number of benzene rings is 1. The Bertz CT molecular complexity index is 876. The van der Waals surface area contributed by atoms with Gasteiger partial charge in [0.1, 0.15) is 5.82 Å². The molecular weight excluding hydrogens is 322 g/mol. The Morgan fingerprint density at radius 3 is 2.88 bits per heavy atom. The third kappa shape index (κ3) is 3.12. The van der Waals surface area contributed by atoms with E-state index in [1.165, 1.54) is 0 Å². The van der Waals surface area contributed by atoms with E-state index in [0.29, 0.717) is 22.7 Å². The number of hydrogen-bond donors (Lipinski definition) is 2.